The molecular weight excluding hydrogens is 270 g/mol. The zero-order chi connectivity index (χ0) is 14.2. The predicted molar refractivity (Wildman–Crippen MR) is 78.4 cm³/mol. The molecule has 0 saturated heterocycles. The number of thiophene rings is 1. The van der Waals surface area contributed by atoms with Crippen molar-refractivity contribution in [2.75, 3.05) is 6.61 Å². The Morgan fingerprint density at radius 3 is 2.95 bits per heavy atom. The number of hydrogen-bond donors (Lipinski definition) is 1. The van der Waals surface area contributed by atoms with Crippen LogP contribution >= 0.6 is 11.3 Å². The van der Waals surface area contributed by atoms with E-state index >= 15 is 0 Å². The van der Waals surface area contributed by atoms with E-state index in [-0.39, 0.29) is 6.61 Å². The molecule has 1 N–H and O–H groups in total. The molecule has 1 heterocycles. The van der Waals surface area contributed by atoms with Gasteiger partial charge in [0.2, 0.25) is 0 Å². The van der Waals surface area contributed by atoms with Crippen LogP contribution in [-0.2, 0) is 6.61 Å². The summed E-state index contributed by atoms with van der Waals surface area (Å²) in [5, 5.41) is 17.5. The lowest BCUT2D eigenvalue weighted by atomic mass is 10.2. The van der Waals surface area contributed by atoms with Gasteiger partial charge in [0.25, 0.3) is 0 Å². The predicted octanol–water partition coefficient (Wildman–Crippen LogP) is 2.93. The Hall–Kier alpha value is -2.27. The maximum atomic E-state index is 8.82. The number of benzene rings is 1. The molecule has 2 rings (SSSR count). The molecule has 0 bridgehead atoms. The first-order valence-electron chi connectivity index (χ1n) is 6.13. The van der Waals surface area contributed by atoms with Crippen molar-refractivity contribution in [1.82, 2.24) is 0 Å². The van der Waals surface area contributed by atoms with Gasteiger partial charge in [-0.1, -0.05) is 17.9 Å². The number of hydrogen-bond acceptors (Lipinski definition) is 4. The Balaban J connectivity index is 1.94. The number of nitrogens with zero attached hydrogens (tertiary/aromatic N) is 1. The number of ether oxygens (including phenoxy) is 1. The van der Waals surface area contributed by atoms with Crippen LogP contribution in [0.4, 0.5) is 0 Å². The van der Waals surface area contributed by atoms with E-state index in [4.69, 9.17) is 15.1 Å². The highest BCUT2D eigenvalue weighted by Crippen LogP contribution is 2.19. The van der Waals surface area contributed by atoms with E-state index in [0.717, 1.165) is 9.75 Å². The van der Waals surface area contributed by atoms with Gasteiger partial charge < -0.3 is 9.84 Å². The summed E-state index contributed by atoms with van der Waals surface area (Å²) in [5.41, 5.74) is 0.587. The molecule has 100 valence electrons. The third kappa shape index (κ3) is 4.13. The van der Waals surface area contributed by atoms with Crippen LogP contribution in [0.15, 0.2) is 36.4 Å². The van der Waals surface area contributed by atoms with Gasteiger partial charge in [-0.3, -0.25) is 0 Å². The van der Waals surface area contributed by atoms with Gasteiger partial charge in [0.1, 0.15) is 12.4 Å². The SMILES string of the molecule is N#Cc1cccc(OCc2ccc(C#CCCO)s2)c1. The van der Waals surface area contributed by atoms with Gasteiger partial charge in [-0.05, 0) is 30.3 Å². The van der Waals surface area contributed by atoms with E-state index in [1.165, 1.54) is 0 Å². The molecule has 0 spiro atoms. The average molecular weight is 283 g/mol. The van der Waals surface area contributed by atoms with Crippen molar-refractivity contribution in [3.8, 4) is 23.7 Å². The number of aliphatic hydroxyl groups is 1. The van der Waals surface area contributed by atoms with E-state index in [0.29, 0.717) is 24.3 Å². The van der Waals surface area contributed by atoms with Crippen LogP contribution in [0.2, 0.25) is 0 Å². The van der Waals surface area contributed by atoms with Crippen molar-refractivity contribution in [2.24, 2.45) is 0 Å². The molecule has 0 amide bonds. The van der Waals surface area contributed by atoms with E-state index in [1.54, 1.807) is 29.5 Å². The van der Waals surface area contributed by atoms with Gasteiger partial charge in [-0.2, -0.15) is 5.26 Å². The van der Waals surface area contributed by atoms with Crippen molar-refractivity contribution in [3.63, 3.8) is 0 Å². The van der Waals surface area contributed by atoms with Gasteiger partial charge in [0.15, 0.2) is 0 Å². The minimum Gasteiger partial charge on any atom is -0.488 e. The highest BCUT2D eigenvalue weighted by molar-refractivity contribution is 7.12. The molecule has 0 aliphatic heterocycles. The van der Waals surface area contributed by atoms with E-state index < -0.39 is 0 Å². The van der Waals surface area contributed by atoms with Crippen molar-refractivity contribution in [1.29, 1.82) is 5.26 Å². The molecular formula is C16H13NO2S. The standard InChI is InChI=1S/C16H13NO2S/c17-11-13-4-3-5-14(10-13)19-12-16-8-7-15(20-16)6-1-2-9-18/h3-5,7-8,10,18H,2,9,12H2. The zero-order valence-electron chi connectivity index (χ0n) is 10.8. The van der Waals surface area contributed by atoms with E-state index in [9.17, 15) is 0 Å². The highest BCUT2D eigenvalue weighted by atomic mass is 32.1. The average Bonchev–Trinajstić information content (AvgIpc) is 2.94. The maximum absolute atomic E-state index is 8.82. The molecule has 4 heteroatoms. The third-order valence-corrected chi connectivity index (χ3v) is 3.43. The molecule has 0 unspecified atom stereocenters. The van der Waals surface area contributed by atoms with Crippen LogP contribution in [0, 0.1) is 23.2 Å². The number of aliphatic hydroxyl groups excluding tert-OH is 1. The molecule has 0 radical (unpaired) electrons. The summed E-state index contributed by atoms with van der Waals surface area (Å²) in [6.07, 6.45) is 0.491. The summed E-state index contributed by atoms with van der Waals surface area (Å²) in [4.78, 5) is 2.03. The second-order valence-electron chi connectivity index (χ2n) is 3.97. The molecule has 3 nitrogen and oxygen atoms in total. The first-order chi connectivity index (χ1) is 9.81. The summed E-state index contributed by atoms with van der Waals surface area (Å²) >= 11 is 1.57. The lowest BCUT2D eigenvalue weighted by Crippen LogP contribution is -1.92. The van der Waals surface area contributed by atoms with Gasteiger partial charge in [-0.15, -0.1) is 11.3 Å². The first kappa shape index (κ1) is 14.1. The second kappa shape index (κ2) is 7.35. The van der Waals surface area contributed by atoms with Crippen molar-refractivity contribution in [2.45, 2.75) is 13.0 Å². The minimum atomic E-state index is 0.0869. The summed E-state index contributed by atoms with van der Waals surface area (Å²) in [7, 11) is 0. The molecule has 1 aromatic carbocycles. The molecule has 0 aliphatic carbocycles. The monoisotopic (exact) mass is 283 g/mol. The Labute approximate surface area is 122 Å². The van der Waals surface area contributed by atoms with Crippen LogP contribution in [0.3, 0.4) is 0 Å². The third-order valence-electron chi connectivity index (χ3n) is 2.45. The first-order valence-corrected chi connectivity index (χ1v) is 6.95. The van der Waals surface area contributed by atoms with Crippen LogP contribution in [-0.4, -0.2) is 11.7 Å². The van der Waals surface area contributed by atoms with Crippen molar-refractivity contribution < 1.29 is 9.84 Å². The van der Waals surface area contributed by atoms with Crippen LogP contribution < -0.4 is 4.74 Å². The fourth-order valence-corrected chi connectivity index (χ4v) is 2.33. The smallest absolute Gasteiger partial charge is 0.122 e. The minimum absolute atomic E-state index is 0.0869. The Morgan fingerprint density at radius 1 is 1.25 bits per heavy atom. The van der Waals surface area contributed by atoms with Gasteiger partial charge >= 0.3 is 0 Å². The molecule has 20 heavy (non-hydrogen) atoms. The Bertz CT molecular complexity index is 674. The highest BCUT2D eigenvalue weighted by Gasteiger charge is 2.00. The van der Waals surface area contributed by atoms with Crippen LogP contribution in [0.5, 0.6) is 5.75 Å². The molecule has 2 aromatic rings. The number of rotatable bonds is 4. The number of nitriles is 1. The topological polar surface area (TPSA) is 53.2 Å². The Morgan fingerprint density at radius 2 is 2.15 bits per heavy atom. The normalized spacial score (nSPS) is 9.40. The maximum Gasteiger partial charge on any atom is 0.122 e. The fraction of sp³-hybridized carbons (Fsp3) is 0.188. The Kier molecular flexibility index (Phi) is 5.20. The summed E-state index contributed by atoms with van der Waals surface area (Å²) < 4.78 is 5.64. The fourth-order valence-electron chi connectivity index (χ4n) is 1.54. The van der Waals surface area contributed by atoms with E-state index in [2.05, 4.69) is 17.9 Å². The van der Waals surface area contributed by atoms with Gasteiger partial charge in [0.05, 0.1) is 23.1 Å². The van der Waals surface area contributed by atoms with Crippen molar-refractivity contribution in [3.05, 3.63) is 51.7 Å². The summed E-state index contributed by atoms with van der Waals surface area (Å²) in [5.74, 6) is 6.56. The summed E-state index contributed by atoms with van der Waals surface area (Å²) in [6, 6.07) is 13.1. The van der Waals surface area contributed by atoms with E-state index in [1.807, 2.05) is 18.2 Å². The molecule has 1 aromatic heterocycles. The molecule has 0 atom stereocenters. The van der Waals surface area contributed by atoms with Crippen LogP contribution in [0.25, 0.3) is 0 Å². The zero-order valence-corrected chi connectivity index (χ0v) is 11.6. The van der Waals surface area contributed by atoms with Gasteiger partial charge in [0, 0.05) is 11.3 Å². The largest absolute Gasteiger partial charge is 0.488 e. The molecule has 0 aliphatic rings. The van der Waals surface area contributed by atoms with Gasteiger partial charge in [-0.25, -0.2) is 0 Å². The van der Waals surface area contributed by atoms with Crippen LogP contribution in [0.1, 0.15) is 21.7 Å². The second-order valence-corrected chi connectivity index (χ2v) is 5.14. The lowest BCUT2D eigenvalue weighted by molar-refractivity contribution is 0.305. The molecule has 0 saturated carbocycles. The van der Waals surface area contributed by atoms with Crippen molar-refractivity contribution >= 4 is 11.3 Å². The molecule has 0 fully saturated rings. The quantitative estimate of drug-likeness (QED) is 0.878. The lowest BCUT2D eigenvalue weighted by Gasteiger charge is -2.04. The summed E-state index contributed by atoms with van der Waals surface area (Å²) in [6.45, 7) is 0.546.